The van der Waals surface area contributed by atoms with Gasteiger partial charge in [0, 0.05) is 6.04 Å². The lowest BCUT2D eigenvalue weighted by Crippen LogP contribution is -2.36. The molecule has 1 fully saturated rings. The molecule has 2 unspecified atom stereocenters. The van der Waals surface area contributed by atoms with E-state index in [2.05, 4.69) is 25.4 Å². The molecule has 0 bridgehead atoms. The van der Waals surface area contributed by atoms with Gasteiger partial charge in [-0.1, -0.05) is 26.7 Å². The zero-order chi connectivity index (χ0) is 11.8. The molecule has 1 nitrogen and oxygen atoms in total. The molecule has 1 N–H and O–H groups in total. The first-order valence-electron chi connectivity index (χ1n) is 6.96. The van der Waals surface area contributed by atoms with Gasteiger partial charge in [-0.15, -0.1) is 0 Å². The molecule has 1 aliphatic rings. The minimum absolute atomic E-state index is 0.815. The zero-order valence-corrected chi connectivity index (χ0v) is 12.1. The second-order valence-corrected chi connectivity index (χ2v) is 6.51. The molecule has 1 saturated carbocycles. The van der Waals surface area contributed by atoms with Gasteiger partial charge >= 0.3 is 0 Å². The highest BCUT2D eigenvalue weighted by Crippen LogP contribution is 2.29. The molecular weight excluding hydrogens is 214 g/mol. The lowest BCUT2D eigenvalue weighted by molar-refractivity contribution is 0.231. The maximum Gasteiger partial charge on any atom is 0.00698 e. The van der Waals surface area contributed by atoms with Crippen LogP contribution in [0.25, 0.3) is 0 Å². The second kappa shape index (κ2) is 8.41. The summed E-state index contributed by atoms with van der Waals surface area (Å²) in [5.74, 6) is 3.17. The molecule has 96 valence electrons. The third-order valence-corrected chi connectivity index (χ3v) is 4.56. The van der Waals surface area contributed by atoms with E-state index in [4.69, 9.17) is 0 Å². The van der Waals surface area contributed by atoms with Crippen LogP contribution in [0.2, 0.25) is 0 Å². The molecule has 0 saturated heterocycles. The summed E-state index contributed by atoms with van der Waals surface area (Å²) in [5, 5.41) is 3.76. The number of unbranched alkanes of at least 4 members (excludes halogenated alkanes) is 1. The Labute approximate surface area is 106 Å². The van der Waals surface area contributed by atoms with E-state index in [1.54, 1.807) is 0 Å². The Bertz CT molecular complexity index is 170. The summed E-state index contributed by atoms with van der Waals surface area (Å²) >= 11 is 1.96. The summed E-state index contributed by atoms with van der Waals surface area (Å²) in [5.41, 5.74) is 0. The summed E-state index contributed by atoms with van der Waals surface area (Å²) in [6, 6.07) is 0.815. The average molecular weight is 243 g/mol. The van der Waals surface area contributed by atoms with E-state index in [0.717, 1.165) is 17.9 Å². The van der Waals surface area contributed by atoms with Crippen LogP contribution >= 0.6 is 11.8 Å². The van der Waals surface area contributed by atoms with Gasteiger partial charge < -0.3 is 5.32 Å². The highest BCUT2D eigenvalue weighted by Gasteiger charge is 2.23. The molecule has 2 heteroatoms. The Kier molecular flexibility index (Phi) is 7.55. The molecule has 2 atom stereocenters. The topological polar surface area (TPSA) is 12.0 Å². The van der Waals surface area contributed by atoms with Gasteiger partial charge in [0.15, 0.2) is 0 Å². The van der Waals surface area contributed by atoms with Crippen LogP contribution in [-0.4, -0.2) is 24.6 Å². The van der Waals surface area contributed by atoms with E-state index >= 15 is 0 Å². The van der Waals surface area contributed by atoms with Crippen LogP contribution < -0.4 is 5.32 Å². The maximum absolute atomic E-state index is 3.76. The van der Waals surface area contributed by atoms with Crippen molar-refractivity contribution in [1.82, 2.24) is 5.32 Å². The van der Waals surface area contributed by atoms with Gasteiger partial charge in [0.25, 0.3) is 0 Å². The highest BCUT2D eigenvalue weighted by atomic mass is 32.2. The molecule has 0 spiro atoms. The lowest BCUT2D eigenvalue weighted by Gasteiger charge is -2.32. The summed E-state index contributed by atoms with van der Waals surface area (Å²) in [6.07, 6.45) is 10.6. The first-order chi connectivity index (χ1) is 7.74. The van der Waals surface area contributed by atoms with Crippen molar-refractivity contribution in [2.45, 2.75) is 58.4 Å². The van der Waals surface area contributed by atoms with Crippen molar-refractivity contribution < 1.29 is 0 Å². The van der Waals surface area contributed by atoms with E-state index in [9.17, 15) is 0 Å². The molecule has 16 heavy (non-hydrogen) atoms. The van der Waals surface area contributed by atoms with Crippen LogP contribution in [0.1, 0.15) is 52.4 Å². The zero-order valence-electron chi connectivity index (χ0n) is 11.3. The predicted octanol–water partition coefficient (Wildman–Crippen LogP) is 3.93. The molecule has 1 rings (SSSR count). The van der Waals surface area contributed by atoms with E-state index < -0.39 is 0 Å². The van der Waals surface area contributed by atoms with Gasteiger partial charge in [-0.05, 0) is 56.1 Å². The largest absolute Gasteiger partial charge is 0.314 e. The predicted molar refractivity (Wildman–Crippen MR) is 76.2 cm³/mol. The van der Waals surface area contributed by atoms with E-state index in [-0.39, 0.29) is 0 Å². The first kappa shape index (κ1) is 14.4. The fourth-order valence-corrected chi connectivity index (χ4v) is 3.19. The van der Waals surface area contributed by atoms with Crippen molar-refractivity contribution in [2.24, 2.45) is 11.8 Å². The van der Waals surface area contributed by atoms with Gasteiger partial charge in [-0.25, -0.2) is 0 Å². The molecule has 0 aromatic carbocycles. The number of thioether (sulfide) groups is 1. The smallest absolute Gasteiger partial charge is 0.00698 e. The summed E-state index contributed by atoms with van der Waals surface area (Å²) in [6.45, 7) is 5.99. The monoisotopic (exact) mass is 243 g/mol. The maximum atomic E-state index is 3.76. The Balaban J connectivity index is 2.07. The number of nitrogens with one attached hydrogen (secondary N) is 1. The van der Waals surface area contributed by atoms with Gasteiger partial charge in [-0.3, -0.25) is 0 Å². The van der Waals surface area contributed by atoms with E-state index in [1.165, 1.54) is 50.8 Å². The summed E-state index contributed by atoms with van der Waals surface area (Å²) in [7, 11) is 0. The molecule has 0 amide bonds. The van der Waals surface area contributed by atoms with Crippen LogP contribution in [0, 0.1) is 11.8 Å². The van der Waals surface area contributed by atoms with Gasteiger partial charge in [-0.2, -0.15) is 11.8 Å². The van der Waals surface area contributed by atoms with Gasteiger partial charge in [0.2, 0.25) is 0 Å². The molecule has 0 radical (unpaired) electrons. The van der Waals surface area contributed by atoms with Crippen molar-refractivity contribution in [3.63, 3.8) is 0 Å². The van der Waals surface area contributed by atoms with Gasteiger partial charge in [0.1, 0.15) is 0 Å². The fraction of sp³-hybridized carbons (Fsp3) is 1.00. The molecule has 1 aliphatic carbocycles. The quantitative estimate of drug-likeness (QED) is 0.680. The number of rotatable bonds is 7. The summed E-state index contributed by atoms with van der Waals surface area (Å²) < 4.78 is 0. The Hall–Kier alpha value is 0.310. The van der Waals surface area contributed by atoms with Crippen molar-refractivity contribution in [2.75, 3.05) is 18.6 Å². The van der Waals surface area contributed by atoms with Crippen molar-refractivity contribution >= 4 is 11.8 Å². The summed E-state index contributed by atoms with van der Waals surface area (Å²) in [4.78, 5) is 0. The molecule has 0 aliphatic heterocycles. The van der Waals surface area contributed by atoms with E-state index in [1.807, 2.05) is 11.8 Å². The van der Waals surface area contributed by atoms with E-state index in [0.29, 0.717) is 0 Å². The second-order valence-electron chi connectivity index (χ2n) is 5.52. The third kappa shape index (κ3) is 5.58. The Morgan fingerprint density at radius 1 is 1.25 bits per heavy atom. The average Bonchev–Trinajstić information content (AvgIpc) is 2.29. The standard InChI is InChI=1S/C14H29NS/c1-12(2)13-7-6-8-14(11-13)15-9-4-5-10-16-3/h12-15H,4-11H2,1-3H3. The van der Waals surface area contributed by atoms with Crippen LogP contribution in [0.4, 0.5) is 0 Å². The Morgan fingerprint density at radius 2 is 2.06 bits per heavy atom. The molecule has 0 heterocycles. The molecule has 0 aromatic heterocycles. The minimum Gasteiger partial charge on any atom is -0.314 e. The fourth-order valence-electron chi connectivity index (χ4n) is 2.70. The van der Waals surface area contributed by atoms with Crippen LogP contribution in [0.3, 0.4) is 0 Å². The lowest BCUT2D eigenvalue weighted by atomic mass is 9.79. The van der Waals surface area contributed by atoms with Crippen molar-refractivity contribution in [3.8, 4) is 0 Å². The first-order valence-corrected chi connectivity index (χ1v) is 8.35. The number of hydrogen-bond acceptors (Lipinski definition) is 2. The minimum atomic E-state index is 0.815. The number of hydrogen-bond donors (Lipinski definition) is 1. The SMILES string of the molecule is CSCCCCNC1CCCC(C(C)C)C1. The van der Waals surface area contributed by atoms with Gasteiger partial charge in [0.05, 0.1) is 0 Å². The van der Waals surface area contributed by atoms with Crippen LogP contribution in [-0.2, 0) is 0 Å². The Morgan fingerprint density at radius 3 is 2.75 bits per heavy atom. The third-order valence-electron chi connectivity index (χ3n) is 3.87. The van der Waals surface area contributed by atoms with Crippen molar-refractivity contribution in [3.05, 3.63) is 0 Å². The van der Waals surface area contributed by atoms with Crippen LogP contribution in [0.15, 0.2) is 0 Å². The van der Waals surface area contributed by atoms with Crippen molar-refractivity contribution in [1.29, 1.82) is 0 Å². The molecule has 0 aromatic rings. The van der Waals surface area contributed by atoms with Crippen LogP contribution in [0.5, 0.6) is 0 Å². The molecular formula is C14H29NS. The highest BCUT2D eigenvalue weighted by molar-refractivity contribution is 7.98. The normalized spacial score (nSPS) is 26.2.